The van der Waals surface area contributed by atoms with Gasteiger partial charge >= 0.3 is 0 Å². The fourth-order valence-electron chi connectivity index (χ4n) is 0.803. The number of halogens is 2. The van der Waals surface area contributed by atoms with E-state index in [0.29, 0.717) is 5.71 Å². The van der Waals surface area contributed by atoms with Crippen LogP contribution in [0.2, 0.25) is 0 Å². The van der Waals surface area contributed by atoms with Crippen LogP contribution in [0.25, 0.3) is 0 Å². The summed E-state index contributed by atoms with van der Waals surface area (Å²) in [5, 5.41) is -0.897. The van der Waals surface area contributed by atoms with E-state index in [2.05, 4.69) is 20.0 Å². The molecule has 0 saturated carbocycles. The Balaban J connectivity index is 2.53. The average molecular weight is 189 g/mol. The minimum Gasteiger partial charge on any atom is -0.232 e. The molecule has 0 aromatic heterocycles. The molecule has 4 nitrogen and oxygen atoms in total. The number of aliphatic imine (C=N–C) groups is 4. The smallest absolute Gasteiger partial charge is 0.232 e. The van der Waals surface area contributed by atoms with Crippen LogP contribution in [0.4, 0.5) is 0 Å². The minimum absolute atomic E-state index is 0.243. The SMILES string of the molecule is ClC1=NC=NC2(Cl)N=CN=C12. The van der Waals surface area contributed by atoms with Crippen molar-refractivity contribution < 1.29 is 0 Å². The van der Waals surface area contributed by atoms with E-state index in [4.69, 9.17) is 23.2 Å². The van der Waals surface area contributed by atoms with E-state index in [-0.39, 0.29) is 5.17 Å². The maximum absolute atomic E-state index is 5.88. The Morgan fingerprint density at radius 3 is 2.45 bits per heavy atom. The van der Waals surface area contributed by atoms with Gasteiger partial charge in [-0.3, -0.25) is 0 Å². The van der Waals surface area contributed by atoms with Crippen LogP contribution in [0.1, 0.15) is 0 Å². The van der Waals surface area contributed by atoms with Crippen molar-refractivity contribution >= 4 is 46.8 Å². The van der Waals surface area contributed by atoms with Crippen molar-refractivity contribution in [1.29, 1.82) is 0 Å². The molecule has 11 heavy (non-hydrogen) atoms. The van der Waals surface area contributed by atoms with Gasteiger partial charge in [-0.2, -0.15) is 0 Å². The minimum atomic E-state index is -1.14. The molecule has 6 heteroatoms. The Morgan fingerprint density at radius 1 is 1.18 bits per heavy atom. The van der Waals surface area contributed by atoms with Crippen LogP contribution in [-0.2, 0) is 0 Å². The van der Waals surface area contributed by atoms with Crippen LogP contribution >= 0.6 is 23.2 Å². The van der Waals surface area contributed by atoms with Gasteiger partial charge < -0.3 is 0 Å². The Hall–Kier alpha value is -0.740. The largest absolute Gasteiger partial charge is 0.275 e. The highest BCUT2D eigenvalue weighted by atomic mass is 35.5. The molecule has 1 unspecified atom stereocenters. The zero-order valence-electron chi connectivity index (χ0n) is 5.20. The Morgan fingerprint density at radius 2 is 1.82 bits per heavy atom. The first-order chi connectivity index (χ1) is 5.22. The van der Waals surface area contributed by atoms with Crippen molar-refractivity contribution in [3.05, 3.63) is 0 Å². The average Bonchev–Trinajstić information content (AvgIpc) is 2.31. The van der Waals surface area contributed by atoms with Crippen LogP contribution in [0, 0.1) is 0 Å². The molecule has 0 fully saturated rings. The summed E-state index contributed by atoms with van der Waals surface area (Å²) in [6.45, 7) is 0. The molecule has 0 bridgehead atoms. The lowest BCUT2D eigenvalue weighted by Gasteiger charge is -2.15. The third kappa shape index (κ3) is 0.902. The van der Waals surface area contributed by atoms with Gasteiger partial charge in [0.1, 0.15) is 18.4 Å². The summed E-state index contributed by atoms with van der Waals surface area (Å²) in [5.41, 5.74) is 0.392. The molecule has 1 atom stereocenters. The molecular weight excluding hydrogens is 187 g/mol. The monoisotopic (exact) mass is 188 g/mol. The normalized spacial score (nSPS) is 33.3. The summed E-state index contributed by atoms with van der Waals surface area (Å²) in [7, 11) is 0. The Kier molecular flexibility index (Phi) is 1.34. The molecule has 2 aliphatic heterocycles. The lowest BCUT2D eigenvalue weighted by Crippen LogP contribution is -2.32. The molecule has 0 aromatic carbocycles. The molecule has 0 amide bonds. The second kappa shape index (κ2) is 2.12. The molecular formula is C5H2Cl2N4. The predicted molar refractivity (Wildman–Crippen MR) is 46.3 cm³/mol. The quantitative estimate of drug-likeness (QED) is 0.403. The summed E-state index contributed by atoms with van der Waals surface area (Å²) in [6.07, 6.45) is 2.60. The summed E-state index contributed by atoms with van der Waals surface area (Å²) >= 11 is 11.5. The van der Waals surface area contributed by atoms with E-state index in [1.54, 1.807) is 0 Å². The molecule has 0 spiro atoms. The number of hydrogen-bond donors (Lipinski definition) is 0. The van der Waals surface area contributed by atoms with E-state index in [1.165, 1.54) is 12.7 Å². The molecule has 0 radical (unpaired) electrons. The summed E-state index contributed by atoms with van der Waals surface area (Å²) < 4.78 is 0. The molecule has 0 saturated heterocycles. The standard InChI is InChI=1S/C5H2Cl2N4/c6-4-3-5(7,10-1-8-3)11-2-9-4/h1-2H. The molecule has 0 aliphatic carbocycles. The number of hydrogen-bond acceptors (Lipinski definition) is 4. The fourth-order valence-corrected chi connectivity index (χ4v) is 1.30. The number of rotatable bonds is 0. The van der Waals surface area contributed by atoms with Crippen molar-refractivity contribution in [2.45, 2.75) is 5.12 Å². The molecule has 2 rings (SSSR count). The maximum Gasteiger partial charge on any atom is 0.275 e. The van der Waals surface area contributed by atoms with E-state index >= 15 is 0 Å². The van der Waals surface area contributed by atoms with Crippen LogP contribution in [-0.4, -0.2) is 28.7 Å². The number of fused-ring (bicyclic) bond motifs is 1. The first-order valence-electron chi connectivity index (χ1n) is 2.81. The maximum atomic E-state index is 5.88. The predicted octanol–water partition coefficient (Wildman–Crippen LogP) is 1.04. The number of nitrogens with zero attached hydrogens (tertiary/aromatic N) is 4. The Labute approximate surface area is 72.4 Å². The van der Waals surface area contributed by atoms with Gasteiger partial charge in [0.15, 0.2) is 5.17 Å². The lowest BCUT2D eigenvalue weighted by atomic mass is 10.3. The van der Waals surface area contributed by atoms with Crippen LogP contribution in [0.5, 0.6) is 0 Å². The van der Waals surface area contributed by atoms with Crippen LogP contribution in [0.15, 0.2) is 20.0 Å². The highest BCUT2D eigenvalue weighted by molar-refractivity contribution is 6.87. The molecule has 0 aromatic rings. The van der Waals surface area contributed by atoms with Gasteiger partial charge in [0, 0.05) is 0 Å². The third-order valence-corrected chi connectivity index (χ3v) is 1.96. The van der Waals surface area contributed by atoms with Crippen molar-refractivity contribution in [2.24, 2.45) is 20.0 Å². The second-order valence-corrected chi connectivity index (χ2v) is 2.86. The van der Waals surface area contributed by atoms with Crippen molar-refractivity contribution in [2.75, 3.05) is 0 Å². The summed E-state index contributed by atoms with van der Waals surface area (Å²) in [5.74, 6) is 0. The van der Waals surface area contributed by atoms with Gasteiger partial charge in [-0.05, 0) is 0 Å². The van der Waals surface area contributed by atoms with Crippen molar-refractivity contribution in [1.82, 2.24) is 0 Å². The van der Waals surface area contributed by atoms with E-state index in [1.807, 2.05) is 0 Å². The Bertz CT molecular complexity index is 316. The van der Waals surface area contributed by atoms with Gasteiger partial charge in [-0.15, -0.1) is 0 Å². The van der Waals surface area contributed by atoms with Gasteiger partial charge in [-0.1, -0.05) is 23.2 Å². The van der Waals surface area contributed by atoms with Crippen molar-refractivity contribution in [3.8, 4) is 0 Å². The van der Waals surface area contributed by atoms with Gasteiger partial charge in [0.05, 0.1) is 0 Å². The topological polar surface area (TPSA) is 49.4 Å². The van der Waals surface area contributed by atoms with Crippen LogP contribution < -0.4 is 0 Å². The van der Waals surface area contributed by atoms with Gasteiger partial charge in [-0.25, -0.2) is 20.0 Å². The zero-order chi connectivity index (χ0) is 7.90. The third-order valence-electron chi connectivity index (χ3n) is 1.31. The summed E-state index contributed by atoms with van der Waals surface area (Å²) in [6, 6.07) is 0. The van der Waals surface area contributed by atoms with Crippen molar-refractivity contribution in [3.63, 3.8) is 0 Å². The molecule has 2 aliphatic rings. The fraction of sp³-hybridized carbons (Fsp3) is 0.200. The first-order valence-corrected chi connectivity index (χ1v) is 3.56. The first kappa shape index (κ1) is 6.94. The molecule has 56 valence electrons. The van der Waals surface area contributed by atoms with Gasteiger partial charge in [0.25, 0.3) is 5.12 Å². The molecule has 0 N–H and O–H groups in total. The molecule has 2 heterocycles. The zero-order valence-corrected chi connectivity index (χ0v) is 6.71. The second-order valence-electron chi connectivity index (χ2n) is 1.97. The van der Waals surface area contributed by atoms with E-state index in [0.717, 1.165) is 0 Å². The highest BCUT2D eigenvalue weighted by Crippen LogP contribution is 2.27. The van der Waals surface area contributed by atoms with E-state index in [9.17, 15) is 0 Å². The van der Waals surface area contributed by atoms with Gasteiger partial charge in [0.2, 0.25) is 0 Å². The van der Waals surface area contributed by atoms with Crippen LogP contribution in [0.3, 0.4) is 0 Å². The lowest BCUT2D eigenvalue weighted by molar-refractivity contribution is 0.864. The highest BCUT2D eigenvalue weighted by Gasteiger charge is 2.39. The van der Waals surface area contributed by atoms with E-state index < -0.39 is 5.12 Å². The number of alkyl halides is 1. The summed E-state index contributed by atoms with van der Waals surface area (Å²) in [4.78, 5) is 15.2.